The lowest BCUT2D eigenvalue weighted by molar-refractivity contribution is 0.211. The summed E-state index contributed by atoms with van der Waals surface area (Å²) in [7, 11) is 1.50. The third kappa shape index (κ3) is 1.60. The maximum atomic E-state index is 13.4. The molecule has 2 N–H and O–H groups in total. The molecule has 3 heteroatoms. The molecule has 1 aliphatic carbocycles. The number of methoxy groups -OCH3 is 1. The molecule has 2 atom stereocenters. The van der Waals surface area contributed by atoms with Crippen molar-refractivity contribution in [2.45, 2.75) is 18.6 Å². The summed E-state index contributed by atoms with van der Waals surface area (Å²) in [5.41, 5.74) is 3.98. The highest BCUT2D eigenvalue weighted by Crippen LogP contribution is 2.23. The van der Waals surface area contributed by atoms with Crippen LogP contribution in [-0.4, -0.2) is 18.8 Å². The summed E-state index contributed by atoms with van der Waals surface area (Å²) in [5.74, 6) is 0.525. The zero-order chi connectivity index (χ0) is 8.48. The molecule has 2 nitrogen and oxygen atoms in total. The minimum absolute atomic E-state index is 0.525. The van der Waals surface area contributed by atoms with E-state index in [2.05, 4.69) is 0 Å². The van der Waals surface area contributed by atoms with Crippen molar-refractivity contribution in [2.24, 2.45) is 5.73 Å². The van der Waals surface area contributed by atoms with Crippen LogP contribution < -0.4 is 5.73 Å². The van der Waals surface area contributed by atoms with Crippen molar-refractivity contribution in [1.29, 1.82) is 0 Å². The number of halogens is 1. The number of rotatable bonds is 1. The van der Waals surface area contributed by atoms with Gasteiger partial charge in [-0.2, -0.15) is 0 Å². The van der Waals surface area contributed by atoms with E-state index >= 15 is 0 Å². The second-order valence-corrected chi connectivity index (χ2v) is 2.79. The maximum Gasteiger partial charge on any atom is 0.148 e. The highest BCUT2D eigenvalue weighted by Gasteiger charge is 2.30. The fourth-order valence-corrected chi connectivity index (χ4v) is 0.936. The Morgan fingerprint density at radius 1 is 1.73 bits per heavy atom. The molecule has 0 spiro atoms. The molecule has 0 saturated heterocycles. The lowest BCUT2D eigenvalue weighted by Gasteiger charge is -2.25. The summed E-state index contributed by atoms with van der Waals surface area (Å²) in [6.07, 6.45) is 4.66. The molecule has 0 aliphatic heterocycles. The monoisotopic (exact) mass is 157 g/mol. The third-order valence-corrected chi connectivity index (χ3v) is 1.78. The molecule has 1 aliphatic rings. The van der Waals surface area contributed by atoms with Crippen molar-refractivity contribution in [2.75, 3.05) is 7.11 Å². The van der Waals surface area contributed by atoms with Crippen LogP contribution in [0.25, 0.3) is 0 Å². The van der Waals surface area contributed by atoms with Gasteiger partial charge in [0.25, 0.3) is 0 Å². The summed E-state index contributed by atoms with van der Waals surface area (Å²) in [5, 5.41) is 0. The Morgan fingerprint density at radius 2 is 2.36 bits per heavy atom. The highest BCUT2D eigenvalue weighted by molar-refractivity contribution is 5.27. The molecule has 0 fully saturated rings. The maximum absolute atomic E-state index is 13.4. The molecule has 0 saturated carbocycles. The van der Waals surface area contributed by atoms with E-state index in [1.165, 1.54) is 20.1 Å². The molecular weight excluding hydrogens is 145 g/mol. The van der Waals surface area contributed by atoms with Gasteiger partial charge in [-0.3, -0.25) is 0 Å². The molecule has 0 radical (unpaired) electrons. The van der Waals surface area contributed by atoms with E-state index in [1.54, 1.807) is 12.2 Å². The lowest BCUT2D eigenvalue weighted by atomic mass is 9.94. The van der Waals surface area contributed by atoms with Gasteiger partial charge in [-0.25, -0.2) is 4.39 Å². The summed E-state index contributed by atoms with van der Waals surface area (Å²) >= 11 is 0. The summed E-state index contributed by atoms with van der Waals surface area (Å²) in [6, 6.07) is -0.568. The zero-order valence-electron chi connectivity index (χ0n) is 6.67. The van der Waals surface area contributed by atoms with Gasteiger partial charge in [0, 0.05) is 0 Å². The van der Waals surface area contributed by atoms with Crippen LogP contribution in [0.1, 0.15) is 6.92 Å². The van der Waals surface area contributed by atoms with E-state index in [1.807, 2.05) is 0 Å². The van der Waals surface area contributed by atoms with Gasteiger partial charge in [0.2, 0.25) is 0 Å². The normalized spacial score (nSPS) is 36.7. The van der Waals surface area contributed by atoms with Gasteiger partial charge in [0.1, 0.15) is 11.4 Å². The van der Waals surface area contributed by atoms with E-state index in [-0.39, 0.29) is 0 Å². The van der Waals surface area contributed by atoms with Crippen molar-refractivity contribution in [3.05, 3.63) is 24.0 Å². The van der Waals surface area contributed by atoms with Gasteiger partial charge < -0.3 is 10.5 Å². The molecule has 0 aromatic heterocycles. The minimum atomic E-state index is -1.49. The van der Waals surface area contributed by atoms with E-state index in [4.69, 9.17) is 10.5 Å². The molecule has 62 valence electrons. The molecule has 2 unspecified atom stereocenters. The first-order valence-electron chi connectivity index (χ1n) is 3.46. The van der Waals surface area contributed by atoms with Gasteiger partial charge >= 0.3 is 0 Å². The van der Waals surface area contributed by atoms with Crippen LogP contribution in [-0.2, 0) is 4.74 Å². The van der Waals surface area contributed by atoms with Gasteiger partial charge in [-0.15, -0.1) is 0 Å². The average Bonchev–Trinajstić information content (AvgIpc) is 1.95. The predicted octanol–water partition coefficient (Wildman–Crippen LogP) is 1.14. The Morgan fingerprint density at radius 3 is 2.82 bits per heavy atom. The van der Waals surface area contributed by atoms with Crippen molar-refractivity contribution in [3.8, 4) is 0 Å². The predicted molar refractivity (Wildman–Crippen MR) is 41.7 cm³/mol. The van der Waals surface area contributed by atoms with Gasteiger partial charge in [0.05, 0.1) is 13.2 Å². The SMILES string of the molecule is COC1=CC(C)(F)C(N)C=C1. The smallest absolute Gasteiger partial charge is 0.148 e. The van der Waals surface area contributed by atoms with Crippen molar-refractivity contribution < 1.29 is 9.13 Å². The van der Waals surface area contributed by atoms with Crippen LogP contribution in [0.2, 0.25) is 0 Å². The summed E-state index contributed by atoms with van der Waals surface area (Å²) < 4.78 is 18.2. The highest BCUT2D eigenvalue weighted by atomic mass is 19.1. The molecule has 0 aromatic carbocycles. The summed E-state index contributed by atoms with van der Waals surface area (Å²) in [4.78, 5) is 0. The number of allylic oxidation sites excluding steroid dienone is 1. The van der Waals surface area contributed by atoms with E-state index < -0.39 is 11.7 Å². The number of hydrogen-bond acceptors (Lipinski definition) is 2. The average molecular weight is 157 g/mol. The Bertz CT molecular complexity index is 208. The van der Waals surface area contributed by atoms with E-state index in [0.717, 1.165) is 0 Å². The van der Waals surface area contributed by atoms with Crippen molar-refractivity contribution in [1.82, 2.24) is 0 Å². The first-order valence-corrected chi connectivity index (χ1v) is 3.46. The van der Waals surface area contributed by atoms with Gasteiger partial charge in [-0.05, 0) is 19.1 Å². The van der Waals surface area contributed by atoms with Gasteiger partial charge in [0.15, 0.2) is 0 Å². The topological polar surface area (TPSA) is 35.2 Å². The number of alkyl halides is 1. The molecule has 0 bridgehead atoms. The Hall–Kier alpha value is -0.830. The second kappa shape index (κ2) is 2.66. The van der Waals surface area contributed by atoms with Crippen molar-refractivity contribution in [3.63, 3.8) is 0 Å². The molecule has 0 aromatic rings. The van der Waals surface area contributed by atoms with E-state index in [9.17, 15) is 4.39 Å². The van der Waals surface area contributed by atoms with Crippen LogP contribution in [0.5, 0.6) is 0 Å². The summed E-state index contributed by atoms with van der Waals surface area (Å²) in [6.45, 7) is 1.43. The van der Waals surface area contributed by atoms with Crippen LogP contribution in [0.3, 0.4) is 0 Å². The fourth-order valence-electron chi connectivity index (χ4n) is 0.936. The van der Waals surface area contributed by atoms with Crippen molar-refractivity contribution >= 4 is 0 Å². The molecule has 0 amide bonds. The zero-order valence-corrected chi connectivity index (χ0v) is 6.67. The number of ether oxygens (including phenoxy) is 1. The first kappa shape index (κ1) is 8.27. The van der Waals surface area contributed by atoms with Crippen LogP contribution >= 0.6 is 0 Å². The molecular formula is C8H12FNO. The standard InChI is InChI=1S/C8H12FNO/c1-8(9)5-6(11-2)3-4-7(8)10/h3-5,7H,10H2,1-2H3. The first-order chi connectivity index (χ1) is 5.06. The largest absolute Gasteiger partial charge is 0.497 e. The quantitative estimate of drug-likeness (QED) is 0.619. The molecule has 0 heterocycles. The molecule has 1 rings (SSSR count). The third-order valence-electron chi connectivity index (χ3n) is 1.78. The Kier molecular flexibility index (Phi) is 2.00. The number of nitrogens with two attached hydrogens (primary N) is 1. The van der Waals surface area contributed by atoms with Crippen LogP contribution in [0, 0.1) is 0 Å². The van der Waals surface area contributed by atoms with Crippen LogP contribution in [0.4, 0.5) is 4.39 Å². The molecule has 11 heavy (non-hydrogen) atoms. The Labute approximate surface area is 65.5 Å². The van der Waals surface area contributed by atoms with Gasteiger partial charge in [-0.1, -0.05) is 6.08 Å². The minimum Gasteiger partial charge on any atom is -0.497 e. The second-order valence-electron chi connectivity index (χ2n) is 2.79. The lowest BCUT2D eigenvalue weighted by Crippen LogP contribution is -2.40. The fraction of sp³-hybridized carbons (Fsp3) is 0.500. The Balaban J connectivity index is 2.84. The van der Waals surface area contributed by atoms with E-state index in [0.29, 0.717) is 5.76 Å². The number of hydrogen-bond donors (Lipinski definition) is 1. The van der Waals surface area contributed by atoms with Crippen LogP contribution in [0.15, 0.2) is 24.0 Å².